The number of carbonyl (C=O) groups excluding carboxylic acids is 1. The third-order valence-electron chi connectivity index (χ3n) is 4.08. The average Bonchev–Trinajstić information content (AvgIpc) is 2.69. The quantitative estimate of drug-likeness (QED) is 0.698. The van der Waals surface area contributed by atoms with Crippen molar-refractivity contribution in [3.05, 3.63) is 34.4 Å². The van der Waals surface area contributed by atoms with Gasteiger partial charge in [0.15, 0.2) is 5.78 Å². The van der Waals surface area contributed by atoms with Gasteiger partial charge in [0.2, 0.25) is 0 Å². The van der Waals surface area contributed by atoms with Crippen LogP contribution in [0.2, 0.25) is 0 Å². The van der Waals surface area contributed by atoms with Crippen LogP contribution < -0.4 is 0 Å². The van der Waals surface area contributed by atoms with Crippen LogP contribution in [0.1, 0.15) is 60.3 Å². The highest BCUT2D eigenvalue weighted by Crippen LogP contribution is 2.43. The van der Waals surface area contributed by atoms with E-state index in [-0.39, 0.29) is 11.5 Å². The molecule has 0 fully saturated rings. The van der Waals surface area contributed by atoms with Crippen LogP contribution >= 0.6 is 0 Å². The van der Waals surface area contributed by atoms with Crippen LogP contribution in [-0.2, 0) is 17.6 Å². The number of hydrogen-bond donors (Lipinski definition) is 0. The fourth-order valence-electron chi connectivity index (χ4n) is 3.26. The summed E-state index contributed by atoms with van der Waals surface area (Å²) in [6.07, 6.45) is 2.72. The highest BCUT2D eigenvalue weighted by molar-refractivity contribution is 6.00. The lowest BCUT2D eigenvalue weighted by Gasteiger charge is -2.36. The molecule has 2 aliphatic rings. The Morgan fingerprint density at radius 2 is 1.89 bits per heavy atom. The number of Topliss-reactive ketones (excluding diaryl/α,β-unsaturated/α-hetero) is 1. The molecule has 18 heavy (non-hydrogen) atoms. The Labute approximate surface area is 108 Å². The van der Waals surface area contributed by atoms with Crippen molar-refractivity contribution in [3.8, 4) is 0 Å². The lowest BCUT2D eigenvalue weighted by Crippen LogP contribution is -2.28. The van der Waals surface area contributed by atoms with Crippen LogP contribution in [-0.4, -0.2) is 12.4 Å². The summed E-state index contributed by atoms with van der Waals surface area (Å²) >= 11 is 0. The van der Waals surface area contributed by atoms with Crippen molar-refractivity contribution < 1.29 is 9.53 Å². The Hall–Kier alpha value is -1.15. The molecule has 0 aromatic heterocycles. The Kier molecular flexibility index (Phi) is 2.60. The molecule has 2 nitrogen and oxygen atoms in total. The van der Waals surface area contributed by atoms with Gasteiger partial charge in [0.05, 0.1) is 12.7 Å². The number of carbonyl (C=O) groups is 1. The Morgan fingerprint density at radius 1 is 1.11 bits per heavy atom. The molecule has 0 saturated heterocycles. The van der Waals surface area contributed by atoms with E-state index < -0.39 is 0 Å². The lowest BCUT2D eigenvalue weighted by atomic mass is 9.79. The minimum Gasteiger partial charge on any atom is -0.373 e. The van der Waals surface area contributed by atoms with Gasteiger partial charge in [-0.3, -0.25) is 4.79 Å². The summed E-state index contributed by atoms with van der Waals surface area (Å²) in [7, 11) is 0. The number of fused-ring (bicyclic) bond motifs is 3. The first-order valence-electron chi connectivity index (χ1n) is 6.78. The van der Waals surface area contributed by atoms with Crippen molar-refractivity contribution in [2.75, 3.05) is 6.61 Å². The molecule has 1 aliphatic carbocycles. The summed E-state index contributed by atoms with van der Waals surface area (Å²) < 4.78 is 5.97. The zero-order chi connectivity index (χ0) is 12.9. The number of ether oxygens (including phenoxy) is 1. The molecule has 0 N–H and O–H groups in total. The van der Waals surface area contributed by atoms with Crippen LogP contribution in [0.3, 0.4) is 0 Å². The average molecular weight is 244 g/mol. The first-order valence-corrected chi connectivity index (χ1v) is 6.78. The summed E-state index contributed by atoms with van der Waals surface area (Å²) in [6, 6.07) is 4.13. The topological polar surface area (TPSA) is 26.3 Å². The van der Waals surface area contributed by atoms with Crippen molar-refractivity contribution >= 4 is 5.78 Å². The highest BCUT2D eigenvalue weighted by atomic mass is 16.5. The Morgan fingerprint density at radius 3 is 2.61 bits per heavy atom. The minimum absolute atomic E-state index is 0.103. The normalized spacial score (nSPS) is 22.8. The van der Waals surface area contributed by atoms with Crippen molar-refractivity contribution in [3.63, 3.8) is 0 Å². The molecule has 1 unspecified atom stereocenters. The summed E-state index contributed by atoms with van der Waals surface area (Å²) in [5.41, 5.74) is 5.07. The first kappa shape index (κ1) is 11.9. The van der Waals surface area contributed by atoms with Gasteiger partial charge in [-0.05, 0) is 34.9 Å². The second-order valence-corrected chi connectivity index (χ2v) is 6.45. The van der Waals surface area contributed by atoms with Crippen LogP contribution in [0, 0.1) is 5.41 Å². The minimum atomic E-state index is 0.103. The second kappa shape index (κ2) is 3.92. The number of benzene rings is 1. The van der Waals surface area contributed by atoms with Gasteiger partial charge < -0.3 is 4.74 Å². The van der Waals surface area contributed by atoms with E-state index in [0.29, 0.717) is 12.2 Å². The van der Waals surface area contributed by atoms with Gasteiger partial charge in [-0.15, -0.1) is 0 Å². The fraction of sp³-hybridized carbons (Fsp3) is 0.562. The van der Waals surface area contributed by atoms with Crippen LogP contribution in [0.5, 0.6) is 0 Å². The van der Waals surface area contributed by atoms with E-state index in [0.717, 1.165) is 25.0 Å². The van der Waals surface area contributed by atoms with Gasteiger partial charge in [0.1, 0.15) is 0 Å². The van der Waals surface area contributed by atoms with Crippen molar-refractivity contribution in [1.29, 1.82) is 0 Å². The summed E-state index contributed by atoms with van der Waals surface area (Å²) in [6.45, 7) is 7.42. The summed E-state index contributed by atoms with van der Waals surface area (Å²) in [5.74, 6) is 0.312. The maximum atomic E-state index is 11.8. The monoisotopic (exact) mass is 244 g/mol. The van der Waals surface area contributed by atoms with Crippen molar-refractivity contribution in [1.82, 2.24) is 0 Å². The van der Waals surface area contributed by atoms with E-state index in [1.165, 1.54) is 16.7 Å². The molecule has 0 radical (unpaired) electrons. The van der Waals surface area contributed by atoms with Crippen LogP contribution in [0.4, 0.5) is 0 Å². The molecular formula is C16H20O2. The van der Waals surface area contributed by atoms with Gasteiger partial charge in [0, 0.05) is 12.0 Å². The Bertz CT molecular complexity index is 509. The summed E-state index contributed by atoms with van der Waals surface area (Å²) in [4.78, 5) is 11.8. The number of ketones is 1. The molecule has 96 valence electrons. The third kappa shape index (κ3) is 1.71. The number of hydrogen-bond acceptors (Lipinski definition) is 2. The van der Waals surface area contributed by atoms with Gasteiger partial charge in [-0.1, -0.05) is 32.9 Å². The fourth-order valence-corrected chi connectivity index (χ4v) is 3.26. The van der Waals surface area contributed by atoms with Crippen LogP contribution in [0.25, 0.3) is 0 Å². The Balaban J connectivity index is 2.13. The molecule has 1 aromatic rings. The standard InChI is InChI=1S/C16H20O2/c1-16(2,3)15-13-5-4-12-10(6-7-14(12)17)11(13)8-9-18-15/h4-5,15H,6-9H2,1-3H3. The molecule has 1 aromatic carbocycles. The van der Waals surface area contributed by atoms with Gasteiger partial charge >= 0.3 is 0 Å². The molecule has 3 rings (SSSR count). The third-order valence-corrected chi connectivity index (χ3v) is 4.08. The second-order valence-electron chi connectivity index (χ2n) is 6.45. The molecule has 0 amide bonds. The molecule has 1 atom stereocenters. The molecule has 0 spiro atoms. The van der Waals surface area contributed by atoms with E-state index in [9.17, 15) is 4.79 Å². The first-order chi connectivity index (χ1) is 8.48. The predicted octanol–water partition coefficient (Wildman–Crippen LogP) is 3.48. The molecular weight excluding hydrogens is 224 g/mol. The van der Waals surface area contributed by atoms with E-state index in [4.69, 9.17) is 4.74 Å². The molecule has 1 heterocycles. The molecule has 2 heteroatoms. The van der Waals surface area contributed by atoms with E-state index in [2.05, 4.69) is 26.8 Å². The highest BCUT2D eigenvalue weighted by Gasteiger charge is 2.34. The summed E-state index contributed by atoms with van der Waals surface area (Å²) in [5, 5.41) is 0. The zero-order valence-corrected chi connectivity index (χ0v) is 11.4. The maximum Gasteiger partial charge on any atom is 0.163 e. The van der Waals surface area contributed by atoms with E-state index in [1.54, 1.807) is 0 Å². The lowest BCUT2D eigenvalue weighted by molar-refractivity contribution is -0.0287. The molecule has 0 bridgehead atoms. The van der Waals surface area contributed by atoms with Gasteiger partial charge in [-0.2, -0.15) is 0 Å². The maximum absolute atomic E-state index is 11.8. The van der Waals surface area contributed by atoms with Crippen molar-refractivity contribution in [2.45, 2.75) is 46.1 Å². The predicted molar refractivity (Wildman–Crippen MR) is 70.9 cm³/mol. The SMILES string of the molecule is CC(C)(C)C1OCCc2c1ccc1c2CCC1=O. The van der Waals surface area contributed by atoms with E-state index >= 15 is 0 Å². The number of rotatable bonds is 0. The van der Waals surface area contributed by atoms with E-state index in [1.807, 2.05) is 6.07 Å². The molecule has 0 saturated carbocycles. The van der Waals surface area contributed by atoms with Gasteiger partial charge in [-0.25, -0.2) is 0 Å². The van der Waals surface area contributed by atoms with Crippen molar-refractivity contribution in [2.24, 2.45) is 5.41 Å². The van der Waals surface area contributed by atoms with Crippen LogP contribution in [0.15, 0.2) is 12.1 Å². The largest absolute Gasteiger partial charge is 0.373 e. The zero-order valence-electron chi connectivity index (χ0n) is 11.4. The smallest absolute Gasteiger partial charge is 0.163 e. The van der Waals surface area contributed by atoms with Gasteiger partial charge in [0.25, 0.3) is 0 Å². The molecule has 1 aliphatic heterocycles.